The van der Waals surface area contributed by atoms with Gasteiger partial charge in [0.2, 0.25) is 0 Å². The summed E-state index contributed by atoms with van der Waals surface area (Å²) in [5.41, 5.74) is 3.57. The van der Waals surface area contributed by atoms with Crippen LogP contribution in [0.2, 0.25) is 0 Å². The van der Waals surface area contributed by atoms with E-state index in [2.05, 4.69) is 4.98 Å². The molecule has 1 N–H and O–H groups in total. The van der Waals surface area contributed by atoms with Gasteiger partial charge in [0.15, 0.2) is 23.1 Å². The van der Waals surface area contributed by atoms with Gasteiger partial charge in [-0.05, 0) is 58.0 Å². The van der Waals surface area contributed by atoms with Crippen LogP contribution < -0.4 is 9.47 Å². The number of nitrogens with one attached hydrogen (secondary N) is 1. The molecule has 146 valence electrons. The van der Waals surface area contributed by atoms with Crippen molar-refractivity contribution >= 4 is 11.6 Å². The molecule has 0 bridgehead atoms. The van der Waals surface area contributed by atoms with Gasteiger partial charge >= 0.3 is 0 Å². The molecule has 2 aromatic rings. The van der Waals surface area contributed by atoms with Crippen molar-refractivity contribution in [1.29, 1.82) is 0 Å². The topological polar surface area (TPSA) is 71.6 Å². The van der Waals surface area contributed by atoms with Gasteiger partial charge in [-0.1, -0.05) is 6.07 Å². The number of aromatic amines is 1. The van der Waals surface area contributed by atoms with E-state index >= 15 is 0 Å². The number of ether oxygens (including phenoxy) is 2. The minimum absolute atomic E-state index is 0.0355. The zero-order valence-corrected chi connectivity index (χ0v) is 17.1. The van der Waals surface area contributed by atoms with Crippen molar-refractivity contribution in [3.05, 3.63) is 46.3 Å². The van der Waals surface area contributed by atoms with E-state index in [4.69, 9.17) is 9.47 Å². The largest absolute Gasteiger partial charge is 0.493 e. The quantitative estimate of drug-likeness (QED) is 0.718. The fourth-order valence-corrected chi connectivity index (χ4v) is 3.34. The molecule has 2 rings (SSSR count). The van der Waals surface area contributed by atoms with E-state index in [0.29, 0.717) is 29.3 Å². The summed E-state index contributed by atoms with van der Waals surface area (Å²) >= 11 is 0. The normalized spacial score (nSPS) is 12.1. The van der Waals surface area contributed by atoms with Crippen molar-refractivity contribution < 1.29 is 19.1 Å². The molecule has 0 aliphatic rings. The highest BCUT2D eigenvalue weighted by Crippen LogP contribution is 2.28. The van der Waals surface area contributed by atoms with E-state index in [9.17, 15) is 9.59 Å². The van der Waals surface area contributed by atoms with Crippen molar-refractivity contribution in [2.45, 2.75) is 40.3 Å². The summed E-state index contributed by atoms with van der Waals surface area (Å²) in [4.78, 5) is 29.9. The lowest BCUT2D eigenvalue weighted by Gasteiger charge is -2.24. The fraction of sp³-hybridized carbons (Fsp3) is 0.429. The van der Waals surface area contributed by atoms with E-state index in [1.165, 1.54) is 6.92 Å². The van der Waals surface area contributed by atoms with Crippen molar-refractivity contribution in [2.75, 3.05) is 21.3 Å². The zero-order chi connectivity index (χ0) is 20.3. The summed E-state index contributed by atoms with van der Waals surface area (Å²) in [6.07, 6.45) is 0. The molecule has 6 nitrogen and oxygen atoms in total. The first kappa shape index (κ1) is 20.7. The Bertz CT molecular complexity index is 854. The van der Waals surface area contributed by atoms with Crippen LogP contribution in [0, 0.1) is 13.8 Å². The second-order valence-corrected chi connectivity index (χ2v) is 6.83. The van der Waals surface area contributed by atoms with Gasteiger partial charge in [0.05, 0.1) is 26.0 Å². The highest BCUT2D eigenvalue weighted by Gasteiger charge is 2.26. The maximum atomic E-state index is 13.0. The average Bonchev–Trinajstić information content (AvgIpc) is 2.94. The van der Waals surface area contributed by atoms with Gasteiger partial charge in [-0.3, -0.25) is 14.5 Å². The molecule has 0 fully saturated rings. The Balaban J connectivity index is 2.20. The number of H-pyrrole nitrogens is 1. The summed E-state index contributed by atoms with van der Waals surface area (Å²) in [5.74, 6) is 1.25. The van der Waals surface area contributed by atoms with Crippen LogP contribution in [-0.4, -0.2) is 48.8 Å². The van der Waals surface area contributed by atoms with E-state index in [1.807, 2.05) is 50.9 Å². The van der Waals surface area contributed by atoms with Crippen LogP contribution in [0.4, 0.5) is 0 Å². The number of Topliss-reactive ketones (excluding diaryl/α,β-unsaturated/α-hetero) is 2. The van der Waals surface area contributed by atoms with Crippen molar-refractivity contribution in [3.63, 3.8) is 0 Å². The van der Waals surface area contributed by atoms with Gasteiger partial charge in [0.25, 0.3) is 0 Å². The Morgan fingerprint density at radius 2 is 1.78 bits per heavy atom. The minimum atomic E-state index is -0.352. The number of carbonyl (C=O) groups excluding carboxylic acids is 2. The molecule has 1 aromatic carbocycles. The molecule has 0 spiro atoms. The summed E-state index contributed by atoms with van der Waals surface area (Å²) in [6, 6.07) is 5.36. The molecule has 0 amide bonds. The van der Waals surface area contributed by atoms with Crippen molar-refractivity contribution in [3.8, 4) is 11.5 Å². The Morgan fingerprint density at radius 3 is 2.30 bits per heavy atom. The van der Waals surface area contributed by atoms with Crippen LogP contribution in [0.15, 0.2) is 18.2 Å². The molecular weight excluding hydrogens is 344 g/mol. The molecule has 0 aliphatic heterocycles. The summed E-state index contributed by atoms with van der Waals surface area (Å²) in [5, 5.41) is 0. The van der Waals surface area contributed by atoms with Crippen molar-refractivity contribution in [1.82, 2.24) is 9.88 Å². The number of hydrogen-bond donors (Lipinski definition) is 1. The van der Waals surface area contributed by atoms with E-state index < -0.39 is 0 Å². The van der Waals surface area contributed by atoms with Crippen molar-refractivity contribution in [2.24, 2.45) is 0 Å². The van der Waals surface area contributed by atoms with Gasteiger partial charge in [-0.25, -0.2) is 0 Å². The van der Waals surface area contributed by atoms with Crippen LogP contribution in [0.25, 0.3) is 0 Å². The second-order valence-electron chi connectivity index (χ2n) is 6.83. The number of nitrogens with zero attached hydrogens (tertiary/aromatic N) is 1. The van der Waals surface area contributed by atoms with Crippen LogP contribution >= 0.6 is 0 Å². The van der Waals surface area contributed by atoms with Crippen LogP contribution in [-0.2, 0) is 6.54 Å². The highest BCUT2D eigenvalue weighted by atomic mass is 16.5. The maximum absolute atomic E-state index is 13.0. The molecule has 1 aromatic heterocycles. The van der Waals surface area contributed by atoms with Crippen LogP contribution in [0.1, 0.15) is 51.5 Å². The van der Waals surface area contributed by atoms with Gasteiger partial charge < -0.3 is 14.5 Å². The number of carbonyl (C=O) groups is 2. The third-order valence-corrected chi connectivity index (χ3v) is 4.96. The molecule has 6 heteroatoms. The number of aryl methyl sites for hydroxylation is 1. The molecular formula is C21H28N2O4. The zero-order valence-electron chi connectivity index (χ0n) is 17.1. The number of hydrogen-bond acceptors (Lipinski definition) is 5. The molecule has 0 radical (unpaired) electrons. The van der Waals surface area contributed by atoms with Gasteiger partial charge in [0.1, 0.15) is 0 Å². The Morgan fingerprint density at radius 1 is 1.15 bits per heavy atom. The number of likely N-dealkylation sites (N-methyl/N-ethyl adjacent to an activating group) is 1. The average molecular weight is 372 g/mol. The second kappa shape index (κ2) is 8.39. The maximum Gasteiger partial charge on any atom is 0.196 e. The van der Waals surface area contributed by atoms with Gasteiger partial charge in [-0.15, -0.1) is 0 Å². The van der Waals surface area contributed by atoms with Gasteiger partial charge in [-0.2, -0.15) is 0 Å². The number of aromatic nitrogens is 1. The lowest BCUT2D eigenvalue weighted by molar-refractivity contribution is 0.0856. The van der Waals surface area contributed by atoms with E-state index in [1.54, 1.807) is 14.2 Å². The third kappa shape index (κ3) is 4.22. The lowest BCUT2D eigenvalue weighted by atomic mass is 10.0. The predicted octanol–water partition coefficient (Wildman–Crippen LogP) is 3.55. The van der Waals surface area contributed by atoms with Gasteiger partial charge in [0, 0.05) is 17.8 Å². The molecule has 0 saturated carbocycles. The lowest BCUT2D eigenvalue weighted by Crippen LogP contribution is -2.36. The SMILES string of the molecule is COc1ccc(CN(C)[C@H](C)C(=O)c2[nH]c(C)c(C(C)=O)c2C)cc1OC. The Kier molecular flexibility index (Phi) is 6.44. The fourth-order valence-electron chi connectivity index (χ4n) is 3.34. The number of methoxy groups -OCH3 is 2. The first-order valence-corrected chi connectivity index (χ1v) is 8.86. The minimum Gasteiger partial charge on any atom is -0.493 e. The van der Waals surface area contributed by atoms with Crippen LogP contribution in [0.5, 0.6) is 11.5 Å². The number of benzene rings is 1. The molecule has 0 saturated heterocycles. The Labute approximate surface area is 160 Å². The first-order chi connectivity index (χ1) is 12.7. The summed E-state index contributed by atoms with van der Waals surface area (Å²) < 4.78 is 10.6. The van der Waals surface area contributed by atoms with E-state index in [-0.39, 0.29) is 17.6 Å². The third-order valence-electron chi connectivity index (χ3n) is 4.96. The number of rotatable bonds is 8. The summed E-state index contributed by atoms with van der Waals surface area (Å²) in [6.45, 7) is 7.59. The predicted molar refractivity (Wildman–Crippen MR) is 105 cm³/mol. The monoisotopic (exact) mass is 372 g/mol. The van der Waals surface area contributed by atoms with E-state index in [0.717, 1.165) is 16.8 Å². The molecule has 1 heterocycles. The molecule has 27 heavy (non-hydrogen) atoms. The first-order valence-electron chi connectivity index (χ1n) is 8.86. The van der Waals surface area contributed by atoms with Crippen LogP contribution in [0.3, 0.4) is 0 Å². The standard InChI is InChI=1S/C21H28N2O4/c1-12-19(15(4)24)13(2)22-20(12)21(25)14(3)23(5)11-16-8-9-17(26-6)18(10-16)27-7/h8-10,14,22H,11H2,1-7H3/t14-/m1/s1. The highest BCUT2D eigenvalue weighted by molar-refractivity contribution is 6.05. The number of ketones is 2. The molecule has 1 atom stereocenters. The molecule has 0 aliphatic carbocycles. The smallest absolute Gasteiger partial charge is 0.196 e. The molecule has 0 unspecified atom stereocenters. The Hall–Kier alpha value is -2.60. The summed E-state index contributed by atoms with van der Waals surface area (Å²) in [7, 11) is 5.09.